The van der Waals surface area contributed by atoms with Gasteiger partial charge in [0.05, 0.1) is 29.4 Å². The predicted molar refractivity (Wildman–Crippen MR) is 173 cm³/mol. The zero-order valence-corrected chi connectivity index (χ0v) is 25.5. The number of ketones is 1. The number of carbonyl (C=O) groups excluding carboxylic acids is 2. The SMILES string of the molecule is COc1cc(C(=O)[C@]23CC[C@H](CN2)[C@H]3N)cc2nc(-c3cc4cccc(-c5cccc6c5CNC6=O)c4n3CC3CC3)n(C)c12. The molecule has 3 fully saturated rings. The number of aromatic nitrogens is 3. The number of aryl methyl sites for hydroxylation is 1. The van der Waals surface area contributed by atoms with Gasteiger partial charge in [0.15, 0.2) is 11.6 Å². The molecule has 4 aliphatic rings. The number of nitrogens with zero attached hydrogens (tertiary/aromatic N) is 3. The van der Waals surface area contributed by atoms with E-state index in [2.05, 4.69) is 50.1 Å². The molecule has 2 aliphatic carbocycles. The van der Waals surface area contributed by atoms with Gasteiger partial charge in [-0.25, -0.2) is 4.98 Å². The van der Waals surface area contributed by atoms with E-state index in [0.29, 0.717) is 29.7 Å². The van der Waals surface area contributed by atoms with E-state index in [4.69, 9.17) is 15.5 Å². The van der Waals surface area contributed by atoms with Crippen molar-refractivity contribution in [2.75, 3.05) is 13.7 Å². The van der Waals surface area contributed by atoms with Gasteiger partial charge >= 0.3 is 0 Å². The zero-order chi connectivity index (χ0) is 30.6. The van der Waals surface area contributed by atoms with Crippen LogP contribution in [-0.4, -0.2) is 51.0 Å². The Kier molecular flexibility index (Phi) is 5.69. The average Bonchev–Trinajstić information content (AvgIpc) is 3.27. The van der Waals surface area contributed by atoms with Crippen LogP contribution in [0.1, 0.15) is 52.0 Å². The Labute approximate surface area is 260 Å². The van der Waals surface area contributed by atoms with Gasteiger partial charge < -0.3 is 30.2 Å². The number of benzene rings is 3. The average molecular weight is 601 g/mol. The molecule has 2 bridgehead atoms. The fourth-order valence-electron chi connectivity index (χ4n) is 8.32. The maximum absolute atomic E-state index is 14.0. The number of Topliss-reactive ketones (excluding diaryl/α,β-unsaturated/α-hetero) is 1. The Morgan fingerprint density at radius 2 is 1.87 bits per heavy atom. The van der Waals surface area contributed by atoms with Gasteiger partial charge in [-0.05, 0) is 72.9 Å². The van der Waals surface area contributed by atoms with Crippen molar-refractivity contribution in [3.63, 3.8) is 0 Å². The fourth-order valence-corrected chi connectivity index (χ4v) is 8.32. The molecule has 45 heavy (non-hydrogen) atoms. The van der Waals surface area contributed by atoms with E-state index in [9.17, 15) is 9.59 Å². The van der Waals surface area contributed by atoms with E-state index in [-0.39, 0.29) is 17.7 Å². The van der Waals surface area contributed by atoms with Gasteiger partial charge in [-0.2, -0.15) is 0 Å². The topological polar surface area (TPSA) is 116 Å². The van der Waals surface area contributed by atoms with Crippen LogP contribution < -0.4 is 21.1 Å². The molecule has 4 N–H and O–H groups in total. The van der Waals surface area contributed by atoms with Gasteiger partial charge in [0.25, 0.3) is 5.91 Å². The van der Waals surface area contributed by atoms with Gasteiger partial charge in [0, 0.05) is 54.8 Å². The smallest absolute Gasteiger partial charge is 0.251 e. The van der Waals surface area contributed by atoms with E-state index in [1.165, 1.54) is 12.8 Å². The highest BCUT2D eigenvalue weighted by atomic mass is 16.5. The number of methoxy groups -OCH3 is 1. The lowest BCUT2D eigenvalue weighted by Crippen LogP contribution is -2.56. The van der Waals surface area contributed by atoms with Crippen LogP contribution in [0.5, 0.6) is 5.75 Å². The molecular weight excluding hydrogens is 564 g/mol. The second kappa shape index (κ2) is 9.52. The molecule has 0 unspecified atom stereocenters. The van der Waals surface area contributed by atoms with E-state index < -0.39 is 5.54 Å². The molecule has 9 nitrogen and oxygen atoms in total. The number of rotatable bonds is 7. The first-order valence-electron chi connectivity index (χ1n) is 16.0. The van der Waals surface area contributed by atoms with Gasteiger partial charge in [-0.3, -0.25) is 9.59 Å². The fraction of sp³-hybridized carbons (Fsp3) is 0.361. The number of imidazole rings is 1. The Morgan fingerprint density at radius 3 is 2.60 bits per heavy atom. The van der Waals surface area contributed by atoms with Crippen LogP contribution in [0.3, 0.4) is 0 Å². The van der Waals surface area contributed by atoms with Gasteiger partial charge in [0.1, 0.15) is 11.3 Å². The summed E-state index contributed by atoms with van der Waals surface area (Å²) in [5, 5.41) is 7.59. The van der Waals surface area contributed by atoms with Crippen molar-refractivity contribution >= 4 is 33.6 Å². The molecule has 1 amide bonds. The van der Waals surface area contributed by atoms with Crippen molar-refractivity contribution in [2.24, 2.45) is 24.6 Å². The summed E-state index contributed by atoms with van der Waals surface area (Å²) in [5.74, 6) is 2.41. The Balaban J connectivity index is 1.23. The molecule has 3 aromatic carbocycles. The molecule has 2 aromatic heterocycles. The maximum Gasteiger partial charge on any atom is 0.251 e. The van der Waals surface area contributed by atoms with Gasteiger partial charge in [0.2, 0.25) is 0 Å². The standard InChI is InChI=1S/C36H36N6O3/c1-41-31-27(13-22(15-29(31)45-2)33(43)36-12-11-21(16-39-36)32(36)37)40-34(41)28-14-20-5-3-7-24(30(20)42(28)18-19-9-10-19)23-6-4-8-25-26(23)17-38-35(25)44/h3-8,13-15,19,21,32,39H,9-12,16-18,37H2,1-2H3,(H,38,44)/t21-,32-,36-/m1/s1. The molecule has 9 heteroatoms. The third-order valence-corrected chi connectivity index (χ3v) is 10.9. The number of nitrogens with two attached hydrogens (primary N) is 1. The lowest BCUT2D eigenvalue weighted by Gasteiger charge is -2.29. The molecule has 3 atom stereocenters. The van der Waals surface area contributed by atoms with E-state index in [0.717, 1.165) is 81.6 Å². The monoisotopic (exact) mass is 600 g/mol. The van der Waals surface area contributed by atoms with Gasteiger partial charge in [-0.1, -0.05) is 30.3 Å². The van der Waals surface area contributed by atoms with Crippen molar-refractivity contribution in [2.45, 2.75) is 50.4 Å². The highest BCUT2D eigenvalue weighted by Crippen LogP contribution is 2.44. The highest BCUT2D eigenvalue weighted by molar-refractivity contribution is 6.08. The Bertz CT molecular complexity index is 2080. The summed E-state index contributed by atoms with van der Waals surface area (Å²) >= 11 is 0. The van der Waals surface area contributed by atoms with Crippen molar-refractivity contribution in [3.05, 3.63) is 71.3 Å². The van der Waals surface area contributed by atoms with E-state index in [1.807, 2.05) is 31.3 Å². The number of hydrogen-bond acceptors (Lipinski definition) is 6. The second-order valence-corrected chi connectivity index (χ2v) is 13.4. The molecule has 1 saturated heterocycles. The summed E-state index contributed by atoms with van der Waals surface area (Å²) in [7, 11) is 3.66. The largest absolute Gasteiger partial charge is 0.494 e. The molecule has 0 spiro atoms. The minimum absolute atomic E-state index is 0.0161. The maximum atomic E-state index is 14.0. The number of piperidine rings is 1. The summed E-state index contributed by atoms with van der Waals surface area (Å²) in [6, 6.07) is 18.2. The van der Waals surface area contributed by atoms with E-state index in [1.54, 1.807) is 7.11 Å². The molecule has 228 valence electrons. The third-order valence-electron chi connectivity index (χ3n) is 10.9. The molecule has 2 saturated carbocycles. The summed E-state index contributed by atoms with van der Waals surface area (Å²) in [4.78, 5) is 31.7. The number of carbonyl (C=O) groups is 2. The van der Waals surface area contributed by atoms with Crippen molar-refractivity contribution < 1.29 is 14.3 Å². The molecule has 2 aliphatic heterocycles. The number of hydrogen-bond donors (Lipinski definition) is 3. The minimum atomic E-state index is -0.716. The number of ether oxygens (including phenoxy) is 1. The van der Waals surface area contributed by atoms with Crippen molar-refractivity contribution in [3.8, 4) is 28.4 Å². The quantitative estimate of drug-likeness (QED) is 0.232. The summed E-state index contributed by atoms with van der Waals surface area (Å²) in [6.45, 7) is 2.20. The van der Waals surface area contributed by atoms with Crippen LogP contribution in [0, 0.1) is 11.8 Å². The summed E-state index contributed by atoms with van der Waals surface area (Å²) in [6.07, 6.45) is 4.14. The Hall–Kier alpha value is -4.47. The highest BCUT2D eigenvalue weighted by Gasteiger charge is 2.56. The summed E-state index contributed by atoms with van der Waals surface area (Å²) < 4.78 is 10.4. The molecule has 0 radical (unpaired) electrons. The molecular formula is C36H36N6O3. The van der Waals surface area contributed by atoms with Crippen LogP contribution in [0.2, 0.25) is 0 Å². The van der Waals surface area contributed by atoms with Crippen LogP contribution in [0.4, 0.5) is 0 Å². The zero-order valence-electron chi connectivity index (χ0n) is 25.5. The van der Waals surface area contributed by atoms with Crippen LogP contribution in [0.15, 0.2) is 54.6 Å². The molecule has 5 aromatic rings. The lowest BCUT2D eigenvalue weighted by molar-refractivity contribution is 0.0858. The Morgan fingerprint density at radius 1 is 1.07 bits per heavy atom. The van der Waals surface area contributed by atoms with Gasteiger partial charge in [-0.15, -0.1) is 0 Å². The van der Waals surface area contributed by atoms with Crippen molar-refractivity contribution in [1.29, 1.82) is 0 Å². The predicted octanol–water partition coefficient (Wildman–Crippen LogP) is 4.79. The lowest BCUT2D eigenvalue weighted by atomic mass is 9.85. The van der Waals surface area contributed by atoms with Crippen molar-refractivity contribution in [1.82, 2.24) is 24.8 Å². The number of nitrogens with one attached hydrogen (secondary N) is 2. The number of para-hydroxylation sites is 1. The number of fused-ring (bicyclic) bond motifs is 5. The first kappa shape index (κ1) is 26.9. The number of amides is 1. The summed E-state index contributed by atoms with van der Waals surface area (Å²) in [5.41, 5.74) is 14.2. The third kappa shape index (κ3) is 3.77. The first-order chi connectivity index (χ1) is 21.9. The van der Waals surface area contributed by atoms with Crippen LogP contribution in [-0.2, 0) is 20.1 Å². The van der Waals surface area contributed by atoms with E-state index >= 15 is 0 Å². The van der Waals surface area contributed by atoms with Crippen LogP contribution >= 0.6 is 0 Å². The normalized spacial score (nSPS) is 23.7. The minimum Gasteiger partial charge on any atom is -0.494 e. The van der Waals surface area contributed by atoms with Crippen LogP contribution in [0.25, 0.3) is 44.6 Å². The second-order valence-electron chi connectivity index (χ2n) is 13.4. The molecule has 9 rings (SSSR count). The first-order valence-corrected chi connectivity index (χ1v) is 16.0. The molecule has 4 heterocycles.